The first-order valence-electron chi connectivity index (χ1n) is 9.08. The van der Waals surface area contributed by atoms with Crippen LogP contribution in [0.15, 0.2) is 36.4 Å². The second kappa shape index (κ2) is 7.37. The molecule has 4 rings (SSSR count). The Kier molecular flexibility index (Phi) is 4.93. The number of anilines is 1. The molecule has 1 atom stereocenters. The first kappa shape index (κ1) is 18.1. The number of ether oxygens (including phenoxy) is 1. The van der Waals surface area contributed by atoms with Gasteiger partial charge in [0.05, 0.1) is 22.9 Å². The number of halogens is 1. The van der Waals surface area contributed by atoms with Gasteiger partial charge in [-0.25, -0.2) is 9.37 Å². The Labute approximate surface area is 161 Å². The fourth-order valence-corrected chi connectivity index (χ4v) is 4.44. The molecule has 1 aliphatic heterocycles. The number of thiazole rings is 1. The molecule has 3 aromatic rings. The van der Waals surface area contributed by atoms with Crippen molar-refractivity contribution in [3.63, 3.8) is 0 Å². The van der Waals surface area contributed by atoms with E-state index in [0.717, 1.165) is 35.3 Å². The van der Waals surface area contributed by atoms with Crippen LogP contribution in [0, 0.1) is 19.7 Å². The van der Waals surface area contributed by atoms with Crippen LogP contribution in [0.1, 0.15) is 34.3 Å². The normalized spacial score (nSPS) is 16.8. The molecule has 0 aliphatic carbocycles. The van der Waals surface area contributed by atoms with Gasteiger partial charge in [0, 0.05) is 12.2 Å². The number of aromatic nitrogens is 1. The zero-order valence-corrected chi connectivity index (χ0v) is 16.2. The van der Waals surface area contributed by atoms with Crippen molar-refractivity contribution < 1.29 is 13.9 Å². The summed E-state index contributed by atoms with van der Waals surface area (Å²) in [6.45, 7) is 5.13. The molecule has 0 bridgehead atoms. The molecule has 1 aliphatic rings. The Hall–Kier alpha value is -2.31. The molecule has 1 fully saturated rings. The third-order valence-corrected chi connectivity index (χ3v) is 5.88. The highest BCUT2D eigenvalue weighted by Crippen LogP contribution is 2.31. The van der Waals surface area contributed by atoms with E-state index >= 15 is 0 Å². The molecule has 4 nitrogen and oxygen atoms in total. The topological polar surface area (TPSA) is 42.4 Å². The Bertz CT molecular complexity index is 995. The van der Waals surface area contributed by atoms with Crippen LogP contribution >= 0.6 is 11.3 Å². The molecule has 2 aromatic carbocycles. The van der Waals surface area contributed by atoms with Crippen molar-refractivity contribution in [2.24, 2.45) is 0 Å². The maximum atomic E-state index is 13.6. The average molecular weight is 384 g/mol. The molecule has 0 N–H and O–H groups in total. The van der Waals surface area contributed by atoms with Crippen molar-refractivity contribution in [2.75, 3.05) is 18.1 Å². The number of carbonyl (C=O) groups excluding carboxylic acids is 1. The number of nitrogens with zero attached hydrogens (tertiary/aromatic N) is 2. The average Bonchev–Trinajstić information content (AvgIpc) is 3.28. The Morgan fingerprint density at radius 1 is 1.30 bits per heavy atom. The molecule has 1 saturated heterocycles. The standard InChI is InChI=1S/C21H21FN2O2S/c1-13-5-7-17(14(2)10-13)20(25)24(12-16-4-3-9-26-16)21-23-18-8-6-15(22)11-19(18)27-21/h5-8,10-11,16H,3-4,9,12H2,1-2H3. The molecular formula is C21H21FN2O2S. The molecule has 6 heteroatoms. The van der Waals surface area contributed by atoms with E-state index in [9.17, 15) is 9.18 Å². The Balaban J connectivity index is 1.73. The number of hydrogen-bond donors (Lipinski definition) is 0. The maximum Gasteiger partial charge on any atom is 0.260 e. The van der Waals surface area contributed by atoms with E-state index in [4.69, 9.17) is 4.74 Å². The van der Waals surface area contributed by atoms with Crippen LogP contribution in [0.3, 0.4) is 0 Å². The summed E-state index contributed by atoms with van der Waals surface area (Å²) >= 11 is 1.33. The highest BCUT2D eigenvalue weighted by atomic mass is 32.1. The second-order valence-electron chi connectivity index (χ2n) is 6.98. The lowest BCUT2D eigenvalue weighted by atomic mass is 10.0. The zero-order chi connectivity index (χ0) is 19.0. The highest BCUT2D eigenvalue weighted by Gasteiger charge is 2.27. The number of carbonyl (C=O) groups is 1. The molecule has 27 heavy (non-hydrogen) atoms. The zero-order valence-electron chi connectivity index (χ0n) is 15.4. The molecule has 0 radical (unpaired) electrons. The van der Waals surface area contributed by atoms with Crippen LogP contribution in [0.2, 0.25) is 0 Å². The molecule has 140 valence electrons. The van der Waals surface area contributed by atoms with Gasteiger partial charge in [0.2, 0.25) is 0 Å². The van der Waals surface area contributed by atoms with E-state index in [1.165, 1.54) is 23.5 Å². The van der Waals surface area contributed by atoms with E-state index in [-0.39, 0.29) is 17.8 Å². The number of aryl methyl sites for hydroxylation is 2. The minimum Gasteiger partial charge on any atom is -0.376 e. The lowest BCUT2D eigenvalue weighted by Gasteiger charge is -2.24. The minimum atomic E-state index is -0.302. The fraction of sp³-hybridized carbons (Fsp3) is 0.333. The molecule has 1 amide bonds. The summed E-state index contributed by atoms with van der Waals surface area (Å²) in [6.07, 6.45) is 1.93. The third-order valence-electron chi connectivity index (χ3n) is 4.84. The SMILES string of the molecule is Cc1ccc(C(=O)N(CC2CCCO2)c2nc3ccc(F)cc3s2)c(C)c1. The van der Waals surface area contributed by atoms with E-state index < -0.39 is 0 Å². The van der Waals surface area contributed by atoms with Crippen molar-refractivity contribution in [1.29, 1.82) is 0 Å². The van der Waals surface area contributed by atoms with Gasteiger partial charge in [-0.3, -0.25) is 9.69 Å². The predicted molar refractivity (Wildman–Crippen MR) is 106 cm³/mol. The highest BCUT2D eigenvalue weighted by molar-refractivity contribution is 7.22. The molecule has 0 spiro atoms. The van der Waals surface area contributed by atoms with Gasteiger partial charge in [0.1, 0.15) is 5.82 Å². The summed E-state index contributed by atoms with van der Waals surface area (Å²) in [6, 6.07) is 10.3. The number of fused-ring (bicyclic) bond motifs is 1. The van der Waals surface area contributed by atoms with Gasteiger partial charge in [0.15, 0.2) is 5.13 Å². The van der Waals surface area contributed by atoms with Crippen molar-refractivity contribution >= 4 is 32.6 Å². The number of amides is 1. The summed E-state index contributed by atoms with van der Waals surface area (Å²) in [4.78, 5) is 19.7. The van der Waals surface area contributed by atoms with Crippen molar-refractivity contribution in [3.8, 4) is 0 Å². The molecular weight excluding hydrogens is 363 g/mol. The van der Waals surface area contributed by atoms with Gasteiger partial charge in [-0.15, -0.1) is 0 Å². The van der Waals surface area contributed by atoms with E-state index in [2.05, 4.69) is 4.98 Å². The number of hydrogen-bond acceptors (Lipinski definition) is 4. The van der Waals surface area contributed by atoms with Crippen molar-refractivity contribution in [1.82, 2.24) is 4.98 Å². The number of rotatable bonds is 4. The van der Waals surface area contributed by atoms with Gasteiger partial charge in [-0.2, -0.15) is 0 Å². The Morgan fingerprint density at radius 3 is 2.89 bits per heavy atom. The van der Waals surface area contributed by atoms with Crippen LogP contribution in [0.25, 0.3) is 10.2 Å². The summed E-state index contributed by atoms with van der Waals surface area (Å²) in [5, 5.41) is 0.580. The van der Waals surface area contributed by atoms with Gasteiger partial charge in [0.25, 0.3) is 5.91 Å². The predicted octanol–water partition coefficient (Wildman–Crippen LogP) is 4.88. The van der Waals surface area contributed by atoms with Crippen LogP contribution in [0.5, 0.6) is 0 Å². The van der Waals surface area contributed by atoms with E-state index in [0.29, 0.717) is 22.8 Å². The molecule has 0 saturated carbocycles. The lowest BCUT2D eigenvalue weighted by molar-refractivity contribution is 0.0917. The summed E-state index contributed by atoms with van der Waals surface area (Å²) in [5.74, 6) is -0.397. The van der Waals surface area contributed by atoms with Crippen LogP contribution < -0.4 is 4.90 Å². The quantitative estimate of drug-likeness (QED) is 0.644. The number of benzene rings is 2. The summed E-state index contributed by atoms with van der Waals surface area (Å²) in [5.41, 5.74) is 3.40. The van der Waals surface area contributed by atoms with Gasteiger partial charge in [-0.1, -0.05) is 29.0 Å². The Morgan fingerprint density at radius 2 is 2.15 bits per heavy atom. The third kappa shape index (κ3) is 3.73. The minimum absolute atomic E-state index is 0.00320. The van der Waals surface area contributed by atoms with Crippen LogP contribution in [-0.2, 0) is 4.74 Å². The van der Waals surface area contributed by atoms with Crippen LogP contribution in [0.4, 0.5) is 9.52 Å². The first-order chi connectivity index (χ1) is 13.0. The molecule has 1 unspecified atom stereocenters. The van der Waals surface area contributed by atoms with Crippen LogP contribution in [-0.4, -0.2) is 30.1 Å². The van der Waals surface area contributed by atoms with Gasteiger partial charge in [-0.05, 0) is 56.5 Å². The second-order valence-corrected chi connectivity index (χ2v) is 7.99. The smallest absolute Gasteiger partial charge is 0.260 e. The van der Waals surface area contributed by atoms with Gasteiger partial charge >= 0.3 is 0 Å². The van der Waals surface area contributed by atoms with Crippen molar-refractivity contribution in [2.45, 2.75) is 32.8 Å². The monoisotopic (exact) mass is 384 g/mol. The molecule has 2 heterocycles. The summed E-state index contributed by atoms with van der Waals surface area (Å²) < 4.78 is 20.1. The van der Waals surface area contributed by atoms with E-state index in [1.54, 1.807) is 11.0 Å². The largest absolute Gasteiger partial charge is 0.376 e. The lowest BCUT2D eigenvalue weighted by Crippen LogP contribution is -2.37. The van der Waals surface area contributed by atoms with Gasteiger partial charge < -0.3 is 4.74 Å². The van der Waals surface area contributed by atoms with Crippen molar-refractivity contribution in [3.05, 3.63) is 58.9 Å². The first-order valence-corrected chi connectivity index (χ1v) is 9.90. The molecule has 1 aromatic heterocycles. The summed E-state index contributed by atoms with van der Waals surface area (Å²) in [7, 11) is 0. The maximum absolute atomic E-state index is 13.6. The van der Waals surface area contributed by atoms with E-state index in [1.807, 2.05) is 32.0 Å². The fourth-order valence-electron chi connectivity index (χ4n) is 3.44.